The molecule has 0 atom stereocenters. The van der Waals surface area contributed by atoms with Crippen LogP contribution in [0.1, 0.15) is 5.56 Å². The lowest BCUT2D eigenvalue weighted by atomic mass is 10.2. The quantitative estimate of drug-likeness (QED) is 0.866. The smallest absolute Gasteiger partial charge is 0.273 e. The second-order valence-electron chi connectivity index (χ2n) is 3.79. The Bertz CT molecular complexity index is 535. The molecule has 1 aromatic rings. The van der Waals surface area contributed by atoms with E-state index in [0.717, 1.165) is 0 Å². The molecule has 0 aromatic heterocycles. The van der Waals surface area contributed by atoms with Crippen molar-refractivity contribution in [2.24, 2.45) is 5.73 Å². The van der Waals surface area contributed by atoms with Crippen LogP contribution in [0.5, 0.6) is 0 Å². The molecule has 0 unspecified atom stereocenters. The molecule has 0 aliphatic rings. The summed E-state index contributed by atoms with van der Waals surface area (Å²) in [7, 11) is -4.03. The second kappa shape index (κ2) is 5.48. The number of alkyl halides is 2. The van der Waals surface area contributed by atoms with Crippen LogP contribution in [0.3, 0.4) is 0 Å². The molecule has 1 rings (SSSR count). The van der Waals surface area contributed by atoms with Gasteiger partial charge in [-0.2, -0.15) is 0 Å². The number of nitrogens with one attached hydrogen (secondary N) is 1. The molecule has 0 amide bonds. The summed E-state index contributed by atoms with van der Waals surface area (Å²) in [6, 6.07) is 4.22. The maximum absolute atomic E-state index is 12.9. The third-order valence-corrected chi connectivity index (χ3v) is 4.04. The molecular formula is C10H13ClF2N2O2S. The van der Waals surface area contributed by atoms with Gasteiger partial charge < -0.3 is 5.73 Å². The minimum absolute atomic E-state index is 0.122. The summed E-state index contributed by atoms with van der Waals surface area (Å²) in [6.07, 6.45) is 0. The van der Waals surface area contributed by atoms with Crippen LogP contribution in [-0.4, -0.2) is 27.4 Å². The van der Waals surface area contributed by atoms with Crippen LogP contribution < -0.4 is 10.5 Å². The lowest BCUT2D eigenvalue weighted by Gasteiger charge is -2.15. The number of rotatable bonds is 5. The molecule has 0 aliphatic heterocycles. The highest BCUT2D eigenvalue weighted by atomic mass is 35.5. The lowest BCUT2D eigenvalue weighted by Crippen LogP contribution is -2.41. The molecule has 0 saturated carbocycles. The van der Waals surface area contributed by atoms with Gasteiger partial charge in [0.25, 0.3) is 5.92 Å². The van der Waals surface area contributed by atoms with E-state index in [1.165, 1.54) is 18.2 Å². The number of sulfonamides is 1. The normalized spacial score (nSPS) is 12.7. The molecule has 0 bridgehead atoms. The van der Waals surface area contributed by atoms with Gasteiger partial charge in [-0.05, 0) is 24.6 Å². The molecule has 0 aliphatic carbocycles. The Hall–Kier alpha value is -0.760. The van der Waals surface area contributed by atoms with Crippen molar-refractivity contribution in [3.63, 3.8) is 0 Å². The number of hydrogen-bond acceptors (Lipinski definition) is 3. The van der Waals surface area contributed by atoms with E-state index in [4.69, 9.17) is 17.3 Å². The van der Waals surface area contributed by atoms with Crippen molar-refractivity contribution in [1.29, 1.82) is 0 Å². The van der Waals surface area contributed by atoms with Gasteiger partial charge in [-0.1, -0.05) is 17.7 Å². The van der Waals surface area contributed by atoms with E-state index in [2.05, 4.69) is 0 Å². The van der Waals surface area contributed by atoms with Crippen molar-refractivity contribution in [3.8, 4) is 0 Å². The Balaban J connectivity index is 2.97. The van der Waals surface area contributed by atoms with E-state index >= 15 is 0 Å². The van der Waals surface area contributed by atoms with Crippen LogP contribution in [0.15, 0.2) is 23.1 Å². The van der Waals surface area contributed by atoms with Crippen LogP contribution in [0.2, 0.25) is 5.02 Å². The molecule has 4 nitrogen and oxygen atoms in total. The van der Waals surface area contributed by atoms with Gasteiger partial charge in [0, 0.05) is 5.02 Å². The van der Waals surface area contributed by atoms with Crippen LogP contribution >= 0.6 is 11.6 Å². The van der Waals surface area contributed by atoms with Gasteiger partial charge in [0.05, 0.1) is 18.0 Å². The zero-order chi connectivity index (χ0) is 14.0. The molecule has 8 heteroatoms. The van der Waals surface area contributed by atoms with E-state index in [1.54, 1.807) is 6.92 Å². The SMILES string of the molecule is Cc1ccc(Cl)cc1S(=O)(=O)NCC(F)(F)CN. The summed E-state index contributed by atoms with van der Waals surface area (Å²) in [6.45, 7) is -0.423. The summed E-state index contributed by atoms with van der Waals surface area (Å²) in [5.41, 5.74) is 5.24. The molecule has 0 radical (unpaired) electrons. The topological polar surface area (TPSA) is 72.2 Å². The van der Waals surface area contributed by atoms with E-state index in [9.17, 15) is 17.2 Å². The monoisotopic (exact) mass is 298 g/mol. The number of halogens is 3. The first kappa shape index (κ1) is 15.3. The largest absolute Gasteiger partial charge is 0.325 e. The van der Waals surface area contributed by atoms with Gasteiger partial charge in [0.1, 0.15) is 0 Å². The van der Waals surface area contributed by atoms with Crippen molar-refractivity contribution in [1.82, 2.24) is 4.72 Å². The Morgan fingerprint density at radius 3 is 2.61 bits per heavy atom. The van der Waals surface area contributed by atoms with E-state index in [-0.39, 0.29) is 9.92 Å². The van der Waals surface area contributed by atoms with Gasteiger partial charge in [-0.15, -0.1) is 0 Å². The van der Waals surface area contributed by atoms with Crippen molar-refractivity contribution < 1.29 is 17.2 Å². The maximum Gasteiger partial charge on any atom is 0.273 e. The van der Waals surface area contributed by atoms with Crippen molar-refractivity contribution in [2.75, 3.05) is 13.1 Å². The van der Waals surface area contributed by atoms with Crippen LogP contribution in [0.25, 0.3) is 0 Å². The number of benzene rings is 1. The van der Waals surface area contributed by atoms with E-state index < -0.39 is 29.0 Å². The molecule has 0 spiro atoms. The first-order valence-electron chi connectivity index (χ1n) is 5.02. The van der Waals surface area contributed by atoms with Gasteiger partial charge in [-0.3, -0.25) is 0 Å². The zero-order valence-electron chi connectivity index (χ0n) is 9.58. The predicted molar refractivity (Wildman–Crippen MR) is 65.4 cm³/mol. The number of nitrogens with two attached hydrogens (primary N) is 1. The fourth-order valence-electron chi connectivity index (χ4n) is 1.21. The molecule has 18 heavy (non-hydrogen) atoms. The average molecular weight is 299 g/mol. The minimum Gasteiger partial charge on any atom is -0.325 e. The third kappa shape index (κ3) is 3.88. The highest BCUT2D eigenvalue weighted by Gasteiger charge is 2.29. The fraction of sp³-hybridized carbons (Fsp3) is 0.400. The minimum atomic E-state index is -4.03. The zero-order valence-corrected chi connectivity index (χ0v) is 11.2. The van der Waals surface area contributed by atoms with Crippen LogP contribution in [0.4, 0.5) is 8.78 Å². The molecule has 102 valence electrons. The molecule has 1 aromatic carbocycles. The lowest BCUT2D eigenvalue weighted by molar-refractivity contribution is 0.0170. The van der Waals surface area contributed by atoms with Gasteiger partial charge >= 0.3 is 0 Å². The Labute approximate surface area is 109 Å². The van der Waals surface area contributed by atoms with Gasteiger partial charge in [0.15, 0.2) is 0 Å². The van der Waals surface area contributed by atoms with Crippen LogP contribution in [-0.2, 0) is 10.0 Å². The number of hydrogen-bond donors (Lipinski definition) is 2. The molecule has 3 N–H and O–H groups in total. The predicted octanol–water partition coefficient (Wildman–Crippen LogP) is 1.52. The first-order chi connectivity index (χ1) is 8.18. The van der Waals surface area contributed by atoms with Crippen molar-refractivity contribution >= 4 is 21.6 Å². The Morgan fingerprint density at radius 1 is 1.44 bits per heavy atom. The van der Waals surface area contributed by atoms with Crippen molar-refractivity contribution in [2.45, 2.75) is 17.7 Å². The van der Waals surface area contributed by atoms with E-state index in [1.807, 2.05) is 4.72 Å². The Morgan fingerprint density at radius 2 is 2.06 bits per heavy atom. The summed E-state index contributed by atoms with van der Waals surface area (Å²) in [5, 5.41) is 0.214. The Kier molecular flexibility index (Phi) is 4.66. The van der Waals surface area contributed by atoms with Gasteiger partial charge in [0.2, 0.25) is 10.0 Å². The highest BCUT2D eigenvalue weighted by molar-refractivity contribution is 7.89. The molecule has 0 heterocycles. The summed E-state index contributed by atoms with van der Waals surface area (Å²) in [5.74, 6) is -3.28. The fourth-order valence-corrected chi connectivity index (χ4v) is 2.78. The molecule has 0 saturated heterocycles. The summed E-state index contributed by atoms with van der Waals surface area (Å²) in [4.78, 5) is -0.122. The summed E-state index contributed by atoms with van der Waals surface area (Å²) < 4.78 is 51.3. The molecule has 0 fully saturated rings. The van der Waals surface area contributed by atoms with Crippen molar-refractivity contribution in [3.05, 3.63) is 28.8 Å². The first-order valence-corrected chi connectivity index (χ1v) is 6.88. The number of aryl methyl sites for hydroxylation is 1. The maximum atomic E-state index is 12.9. The average Bonchev–Trinajstić information content (AvgIpc) is 2.30. The van der Waals surface area contributed by atoms with Crippen LogP contribution in [0, 0.1) is 6.92 Å². The van der Waals surface area contributed by atoms with Gasteiger partial charge in [-0.25, -0.2) is 21.9 Å². The van der Waals surface area contributed by atoms with E-state index in [0.29, 0.717) is 5.56 Å². The highest BCUT2D eigenvalue weighted by Crippen LogP contribution is 2.20. The second-order valence-corrected chi connectivity index (χ2v) is 5.97. The third-order valence-electron chi connectivity index (χ3n) is 2.26. The molecular weight excluding hydrogens is 286 g/mol. The standard InChI is InChI=1S/C10H13ClF2N2O2S/c1-7-2-3-8(11)4-9(7)18(16,17)15-6-10(12,13)5-14/h2-4,15H,5-6,14H2,1H3. The summed E-state index contributed by atoms with van der Waals surface area (Å²) >= 11 is 5.68.